The molecule has 0 aliphatic heterocycles. The van der Waals surface area contributed by atoms with Gasteiger partial charge in [0.15, 0.2) is 12.4 Å². The number of ketones is 1. The van der Waals surface area contributed by atoms with Crippen molar-refractivity contribution in [1.29, 1.82) is 0 Å². The third-order valence-electron chi connectivity index (χ3n) is 3.48. The first kappa shape index (κ1) is 15.9. The molecule has 0 radical (unpaired) electrons. The highest BCUT2D eigenvalue weighted by molar-refractivity contribution is 5.96. The number of benzene rings is 1. The molecule has 2 rings (SSSR count). The number of anilines is 1. The van der Waals surface area contributed by atoms with Crippen LogP contribution in [0.1, 0.15) is 36.5 Å². The lowest BCUT2D eigenvalue weighted by Gasteiger charge is -2.09. The van der Waals surface area contributed by atoms with Crippen LogP contribution in [0.4, 0.5) is 5.69 Å². The first-order valence-corrected chi connectivity index (χ1v) is 7.28. The number of esters is 1. The number of hydrogen-bond acceptors (Lipinski definition) is 4. The molecule has 1 amide bonds. The van der Waals surface area contributed by atoms with E-state index in [9.17, 15) is 14.4 Å². The number of Topliss-reactive ketones (excluding diaryl/α,β-unsaturated/α-hetero) is 1. The van der Waals surface area contributed by atoms with Crippen molar-refractivity contribution in [3.05, 3.63) is 42.0 Å². The van der Waals surface area contributed by atoms with Gasteiger partial charge in [0.25, 0.3) is 5.91 Å². The topological polar surface area (TPSA) is 72.5 Å². The summed E-state index contributed by atoms with van der Waals surface area (Å²) in [5.41, 5.74) is 1.14. The van der Waals surface area contributed by atoms with Crippen LogP contribution in [-0.2, 0) is 14.3 Å². The summed E-state index contributed by atoms with van der Waals surface area (Å²) in [6, 6.07) is 6.55. The van der Waals surface area contributed by atoms with Crippen molar-refractivity contribution in [2.45, 2.75) is 26.2 Å². The van der Waals surface area contributed by atoms with Crippen molar-refractivity contribution in [1.82, 2.24) is 0 Å². The van der Waals surface area contributed by atoms with Crippen LogP contribution in [0.25, 0.3) is 0 Å². The number of allylic oxidation sites excluding steroid dienone is 2. The second-order valence-electron chi connectivity index (χ2n) is 5.31. The van der Waals surface area contributed by atoms with Gasteiger partial charge in [0.2, 0.25) is 0 Å². The second kappa shape index (κ2) is 7.54. The van der Waals surface area contributed by atoms with Gasteiger partial charge in [-0.3, -0.25) is 14.4 Å². The van der Waals surface area contributed by atoms with Gasteiger partial charge in [-0.25, -0.2) is 0 Å². The lowest BCUT2D eigenvalue weighted by atomic mass is 10.1. The molecule has 5 heteroatoms. The molecule has 22 heavy (non-hydrogen) atoms. The number of ether oxygens (including phenoxy) is 1. The highest BCUT2D eigenvalue weighted by Gasteiger charge is 2.16. The maximum absolute atomic E-state index is 11.7. The molecule has 1 N–H and O–H groups in total. The Morgan fingerprint density at radius 2 is 1.95 bits per heavy atom. The zero-order valence-electron chi connectivity index (χ0n) is 12.5. The third-order valence-corrected chi connectivity index (χ3v) is 3.48. The molecule has 1 aliphatic carbocycles. The number of amides is 1. The summed E-state index contributed by atoms with van der Waals surface area (Å²) in [7, 11) is 0. The van der Waals surface area contributed by atoms with E-state index >= 15 is 0 Å². The second-order valence-corrected chi connectivity index (χ2v) is 5.31. The largest absolute Gasteiger partial charge is 0.456 e. The predicted octanol–water partition coefficient (Wildman–Crippen LogP) is 2.73. The molecule has 5 nitrogen and oxygen atoms in total. The standard InChI is InChI=1S/C17H19NO4/c1-12(19)14-6-8-15(9-7-14)18-16(20)11-22-17(21)10-13-4-2-3-5-13/h2,4,6-9,13H,3,5,10-11H2,1H3,(H,18,20)/t13-/m1/s1. The summed E-state index contributed by atoms with van der Waals surface area (Å²) in [6.07, 6.45) is 6.34. The number of carbonyl (C=O) groups is 3. The molecule has 0 spiro atoms. The van der Waals surface area contributed by atoms with Crippen LogP contribution < -0.4 is 5.32 Å². The Morgan fingerprint density at radius 1 is 1.23 bits per heavy atom. The van der Waals surface area contributed by atoms with Gasteiger partial charge in [0, 0.05) is 11.3 Å². The van der Waals surface area contributed by atoms with Crippen LogP contribution >= 0.6 is 0 Å². The van der Waals surface area contributed by atoms with Gasteiger partial charge in [-0.2, -0.15) is 0 Å². The highest BCUT2D eigenvalue weighted by Crippen LogP contribution is 2.20. The minimum Gasteiger partial charge on any atom is -0.456 e. The fourth-order valence-electron chi connectivity index (χ4n) is 2.27. The lowest BCUT2D eigenvalue weighted by Crippen LogP contribution is -2.21. The van der Waals surface area contributed by atoms with E-state index in [4.69, 9.17) is 4.74 Å². The Hall–Kier alpha value is -2.43. The fourth-order valence-corrected chi connectivity index (χ4v) is 2.27. The van der Waals surface area contributed by atoms with E-state index in [0.717, 1.165) is 12.8 Å². The predicted molar refractivity (Wildman–Crippen MR) is 82.5 cm³/mol. The summed E-state index contributed by atoms with van der Waals surface area (Å²) >= 11 is 0. The molecular formula is C17H19NO4. The Bertz CT molecular complexity index is 589. The number of hydrogen-bond donors (Lipinski definition) is 1. The molecule has 0 saturated carbocycles. The van der Waals surface area contributed by atoms with E-state index in [-0.39, 0.29) is 24.3 Å². The molecule has 0 saturated heterocycles. The van der Waals surface area contributed by atoms with Crippen LogP contribution in [0.15, 0.2) is 36.4 Å². The minimum absolute atomic E-state index is 0.0345. The molecule has 1 aromatic carbocycles. The van der Waals surface area contributed by atoms with Gasteiger partial charge >= 0.3 is 5.97 Å². The van der Waals surface area contributed by atoms with Crippen LogP contribution in [0, 0.1) is 5.92 Å². The molecule has 0 unspecified atom stereocenters. The van der Waals surface area contributed by atoms with Crippen molar-refractivity contribution in [3.63, 3.8) is 0 Å². The monoisotopic (exact) mass is 301 g/mol. The number of carbonyl (C=O) groups excluding carboxylic acids is 3. The van der Waals surface area contributed by atoms with Gasteiger partial charge in [-0.05, 0) is 49.9 Å². The van der Waals surface area contributed by atoms with Crippen LogP contribution in [0.5, 0.6) is 0 Å². The summed E-state index contributed by atoms with van der Waals surface area (Å²) in [5, 5.41) is 2.62. The van der Waals surface area contributed by atoms with E-state index < -0.39 is 5.91 Å². The average molecular weight is 301 g/mol. The molecule has 116 valence electrons. The first-order valence-electron chi connectivity index (χ1n) is 7.28. The molecule has 0 bridgehead atoms. The van der Waals surface area contributed by atoms with E-state index in [0.29, 0.717) is 17.7 Å². The first-order chi connectivity index (χ1) is 10.5. The highest BCUT2D eigenvalue weighted by atomic mass is 16.5. The van der Waals surface area contributed by atoms with Crippen molar-refractivity contribution >= 4 is 23.3 Å². The summed E-state index contributed by atoms with van der Waals surface area (Å²) in [6.45, 7) is 1.18. The zero-order chi connectivity index (χ0) is 15.9. The molecule has 0 aromatic heterocycles. The fraction of sp³-hybridized carbons (Fsp3) is 0.353. The normalized spacial score (nSPS) is 16.3. The van der Waals surface area contributed by atoms with Crippen molar-refractivity contribution < 1.29 is 19.1 Å². The average Bonchev–Trinajstić information content (AvgIpc) is 2.98. The molecule has 1 atom stereocenters. The molecule has 1 aromatic rings. The van der Waals surface area contributed by atoms with Gasteiger partial charge in [0.1, 0.15) is 0 Å². The summed E-state index contributed by atoms with van der Waals surface area (Å²) in [5.74, 6) is -0.563. The number of rotatable bonds is 6. The summed E-state index contributed by atoms with van der Waals surface area (Å²) in [4.78, 5) is 34.5. The van der Waals surface area contributed by atoms with Crippen molar-refractivity contribution in [2.24, 2.45) is 5.92 Å². The van der Waals surface area contributed by atoms with Crippen LogP contribution in [-0.4, -0.2) is 24.3 Å². The Labute approximate surface area is 129 Å². The number of nitrogens with one attached hydrogen (secondary N) is 1. The Kier molecular flexibility index (Phi) is 5.47. The Morgan fingerprint density at radius 3 is 2.55 bits per heavy atom. The SMILES string of the molecule is CC(=O)c1ccc(NC(=O)COC(=O)C[C@@H]2C=CCC2)cc1. The van der Waals surface area contributed by atoms with Gasteiger partial charge in [0.05, 0.1) is 6.42 Å². The van der Waals surface area contributed by atoms with Gasteiger partial charge in [-0.15, -0.1) is 0 Å². The molecule has 0 fully saturated rings. The van der Waals surface area contributed by atoms with Crippen molar-refractivity contribution in [2.75, 3.05) is 11.9 Å². The van der Waals surface area contributed by atoms with Crippen molar-refractivity contribution in [3.8, 4) is 0 Å². The van der Waals surface area contributed by atoms with E-state index in [1.165, 1.54) is 6.92 Å². The smallest absolute Gasteiger partial charge is 0.306 e. The third kappa shape index (κ3) is 4.84. The Balaban J connectivity index is 1.74. The van der Waals surface area contributed by atoms with E-state index in [2.05, 4.69) is 11.4 Å². The summed E-state index contributed by atoms with van der Waals surface area (Å²) < 4.78 is 4.96. The van der Waals surface area contributed by atoms with Crippen LogP contribution in [0.3, 0.4) is 0 Å². The zero-order valence-corrected chi connectivity index (χ0v) is 12.5. The quantitative estimate of drug-likeness (QED) is 0.498. The lowest BCUT2D eigenvalue weighted by molar-refractivity contribution is -0.147. The molecule has 1 aliphatic rings. The molecule has 0 heterocycles. The van der Waals surface area contributed by atoms with Crippen LogP contribution in [0.2, 0.25) is 0 Å². The van der Waals surface area contributed by atoms with E-state index in [1.54, 1.807) is 24.3 Å². The minimum atomic E-state index is -0.397. The maximum Gasteiger partial charge on any atom is 0.306 e. The van der Waals surface area contributed by atoms with Gasteiger partial charge < -0.3 is 10.1 Å². The molecular weight excluding hydrogens is 282 g/mol. The van der Waals surface area contributed by atoms with Gasteiger partial charge in [-0.1, -0.05) is 12.2 Å². The van der Waals surface area contributed by atoms with E-state index in [1.807, 2.05) is 6.08 Å². The maximum atomic E-state index is 11.7.